The molecular formula is C18H28N4O3. The minimum absolute atomic E-state index is 0.0967. The zero-order valence-electron chi connectivity index (χ0n) is 15.4. The SMILES string of the molecule is CN=C(NCCC(=O)OC(C)C)NCCc1cccc(C(=O)NC)c1. The number of rotatable bonds is 8. The van der Waals surface area contributed by atoms with Gasteiger partial charge in [0, 0.05) is 32.7 Å². The monoisotopic (exact) mass is 348 g/mol. The maximum atomic E-state index is 11.6. The van der Waals surface area contributed by atoms with Gasteiger partial charge >= 0.3 is 5.97 Å². The van der Waals surface area contributed by atoms with Crippen LogP contribution in [0.3, 0.4) is 0 Å². The van der Waals surface area contributed by atoms with Crippen molar-refractivity contribution in [3.05, 3.63) is 35.4 Å². The first-order valence-electron chi connectivity index (χ1n) is 8.41. The van der Waals surface area contributed by atoms with E-state index in [1.807, 2.05) is 32.0 Å². The van der Waals surface area contributed by atoms with E-state index < -0.39 is 0 Å². The molecule has 0 radical (unpaired) electrons. The number of carbonyl (C=O) groups is 2. The summed E-state index contributed by atoms with van der Waals surface area (Å²) >= 11 is 0. The number of hydrogen-bond acceptors (Lipinski definition) is 4. The van der Waals surface area contributed by atoms with Crippen LogP contribution in [0.15, 0.2) is 29.3 Å². The predicted molar refractivity (Wildman–Crippen MR) is 98.7 cm³/mol. The van der Waals surface area contributed by atoms with Gasteiger partial charge in [-0.25, -0.2) is 0 Å². The van der Waals surface area contributed by atoms with Gasteiger partial charge in [-0.05, 0) is 38.0 Å². The summed E-state index contributed by atoms with van der Waals surface area (Å²) in [5, 5.41) is 8.87. The molecule has 0 aliphatic carbocycles. The lowest BCUT2D eigenvalue weighted by Gasteiger charge is -2.12. The highest BCUT2D eigenvalue weighted by Crippen LogP contribution is 2.05. The van der Waals surface area contributed by atoms with E-state index in [9.17, 15) is 9.59 Å². The summed E-state index contributed by atoms with van der Waals surface area (Å²) < 4.78 is 5.07. The quantitative estimate of drug-likeness (QED) is 0.372. The Hall–Kier alpha value is -2.57. The smallest absolute Gasteiger partial charge is 0.307 e. The van der Waals surface area contributed by atoms with Crippen molar-refractivity contribution in [2.24, 2.45) is 4.99 Å². The van der Waals surface area contributed by atoms with Crippen LogP contribution in [0.4, 0.5) is 0 Å². The van der Waals surface area contributed by atoms with Crippen molar-refractivity contribution in [2.75, 3.05) is 27.2 Å². The molecule has 0 unspecified atom stereocenters. The van der Waals surface area contributed by atoms with Crippen LogP contribution < -0.4 is 16.0 Å². The van der Waals surface area contributed by atoms with Crippen LogP contribution in [0.2, 0.25) is 0 Å². The summed E-state index contributed by atoms with van der Waals surface area (Å²) in [5.74, 6) is 0.296. The molecule has 0 aromatic heterocycles. The lowest BCUT2D eigenvalue weighted by molar-refractivity contribution is -0.147. The van der Waals surface area contributed by atoms with Crippen molar-refractivity contribution in [2.45, 2.75) is 32.8 Å². The molecule has 0 aliphatic heterocycles. The third-order valence-corrected chi connectivity index (χ3v) is 3.33. The molecule has 0 atom stereocenters. The third kappa shape index (κ3) is 8.19. The number of carbonyl (C=O) groups excluding carboxylic acids is 2. The van der Waals surface area contributed by atoms with Gasteiger partial charge in [-0.15, -0.1) is 0 Å². The van der Waals surface area contributed by atoms with Gasteiger partial charge in [-0.2, -0.15) is 0 Å². The van der Waals surface area contributed by atoms with E-state index in [0.29, 0.717) is 24.6 Å². The predicted octanol–water partition coefficient (Wildman–Crippen LogP) is 1.10. The summed E-state index contributed by atoms with van der Waals surface area (Å²) in [4.78, 5) is 27.2. The fraction of sp³-hybridized carbons (Fsp3) is 0.500. The summed E-state index contributed by atoms with van der Waals surface area (Å²) in [6.07, 6.45) is 0.934. The first kappa shape index (κ1) is 20.5. The van der Waals surface area contributed by atoms with Crippen molar-refractivity contribution >= 4 is 17.8 Å². The zero-order chi connectivity index (χ0) is 18.7. The number of esters is 1. The Balaban J connectivity index is 2.36. The number of hydrogen-bond donors (Lipinski definition) is 3. The molecule has 0 heterocycles. The molecule has 0 saturated carbocycles. The summed E-state index contributed by atoms with van der Waals surface area (Å²) in [7, 11) is 3.29. The molecule has 0 saturated heterocycles. The number of nitrogens with zero attached hydrogens (tertiary/aromatic N) is 1. The molecule has 0 bridgehead atoms. The maximum Gasteiger partial charge on any atom is 0.307 e. The number of nitrogens with one attached hydrogen (secondary N) is 3. The second-order valence-electron chi connectivity index (χ2n) is 5.74. The van der Waals surface area contributed by atoms with E-state index >= 15 is 0 Å². The Morgan fingerprint density at radius 2 is 1.92 bits per heavy atom. The van der Waals surface area contributed by atoms with Crippen molar-refractivity contribution in [1.29, 1.82) is 0 Å². The molecular weight excluding hydrogens is 320 g/mol. The highest BCUT2D eigenvalue weighted by atomic mass is 16.5. The first-order valence-corrected chi connectivity index (χ1v) is 8.41. The largest absolute Gasteiger partial charge is 0.463 e. The van der Waals surface area contributed by atoms with E-state index in [1.54, 1.807) is 20.2 Å². The van der Waals surface area contributed by atoms with E-state index in [4.69, 9.17) is 4.74 Å². The van der Waals surface area contributed by atoms with Crippen molar-refractivity contribution in [3.8, 4) is 0 Å². The van der Waals surface area contributed by atoms with E-state index in [1.165, 1.54) is 0 Å². The summed E-state index contributed by atoms with van der Waals surface area (Å²) in [6, 6.07) is 7.50. The molecule has 138 valence electrons. The van der Waals surface area contributed by atoms with E-state index in [0.717, 1.165) is 12.0 Å². The molecule has 0 spiro atoms. The topological polar surface area (TPSA) is 91.8 Å². The molecule has 7 nitrogen and oxygen atoms in total. The number of guanidine groups is 1. The van der Waals surface area contributed by atoms with Gasteiger partial charge in [0.1, 0.15) is 0 Å². The Morgan fingerprint density at radius 1 is 1.20 bits per heavy atom. The van der Waals surface area contributed by atoms with Gasteiger partial charge in [0.15, 0.2) is 5.96 Å². The third-order valence-electron chi connectivity index (χ3n) is 3.33. The maximum absolute atomic E-state index is 11.6. The van der Waals surface area contributed by atoms with Crippen LogP contribution in [0, 0.1) is 0 Å². The number of benzene rings is 1. The van der Waals surface area contributed by atoms with Gasteiger partial charge in [-0.3, -0.25) is 14.6 Å². The minimum atomic E-state index is -0.232. The van der Waals surface area contributed by atoms with Crippen molar-refractivity contribution in [1.82, 2.24) is 16.0 Å². The van der Waals surface area contributed by atoms with E-state index in [2.05, 4.69) is 20.9 Å². The minimum Gasteiger partial charge on any atom is -0.463 e. The second kappa shape index (κ2) is 11.1. The number of aliphatic imine (C=N–C) groups is 1. The Morgan fingerprint density at radius 3 is 2.56 bits per heavy atom. The van der Waals surface area contributed by atoms with Gasteiger partial charge in [-0.1, -0.05) is 12.1 Å². The van der Waals surface area contributed by atoms with Crippen LogP contribution in [0.1, 0.15) is 36.2 Å². The van der Waals surface area contributed by atoms with Crippen LogP contribution >= 0.6 is 0 Å². The second-order valence-corrected chi connectivity index (χ2v) is 5.74. The normalized spacial score (nSPS) is 11.2. The van der Waals surface area contributed by atoms with Crippen molar-refractivity contribution in [3.63, 3.8) is 0 Å². The van der Waals surface area contributed by atoms with Crippen LogP contribution in [-0.4, -0.2) is 51.1 Å². The molecule has 1 amide bonds. The molecule has 1 aromatic rings. The number of ether oxygens (including phenoxy) is 1. The van der Waals surface area contributed by atoms with Crippen LogP contribution in [-0.2, 0) is 16.0 Å². The molecule has 0 aliphatic rings. The Bertz CT molecular complexity index is 600. The molecule has 7 heteroatoms. The van der Waals surface area contributed by atoms with Crippen molar-refractivity contribution < 1.29 is 14.3 Å². The zero-order valence-corrected chi connectivity index (χ0v) is 15.4. The standard InChI is InChI=1S/C18H28N4O3/c1-13(2)25-16(23)9-11-22-18(20-4)21-10-8-14-6-5-7-15(12-14)17(24)19-3/h5-7,12-13H,8-11H2,1-4H3,(H,19,24)(H2,20,21,22). The fourth-order valence-electron chi connectivity index (χ4n) is 2.16. The van der Waals surface area contributed by atoms with Crippen LogP contribution in [0.5, 0.6) is 0 Å². The molecule has 1 rings (SSSR count). The lowest BCUT2D eigenvalue weighted by atomic mass is 10.1. The summed E-state index contributed by atoms with van der Waals surface area (Å²) in [5.41, 5.74) is 1.70. The Kier molecular flexibility index (Phi) is 9.06. The van der Waals surface area contributed by atoms with Gasteiger partial charge in [0.25, 0.3) is 5.91 Å². The highest BCUT2D eigenvalue weighted by molar-refractivity contribution is 5.94. The summed E-state index contributed by atoms with van der Waals surface area (Å²) in [6.45, 7) is 4.76. The van der Waals surface area contributed by atoms with Crippen LogP contribution in [0.25, 0.3) is 0 Å². The number of amides is 1. The molecule has 1 aromatic carbocycles. The molecule has 3 N–H and O–H groups in total. The van der Waals surface area contributed by atoms with Gasteiger partial charge in [0.2, 0.25) is 0 Å². The fourth-order valence-corrected chi connectivity index (χ4v) is 2.16. The van der Waals surface area contributed by atoms with Gasteiger partial charge < -0.3 is 20.7 Å². The Labute approximate surface area is 149 Å². The lowest BCUT2D eigenvalue weighted by Crippen LogP contribution is -2.39. The first-order chi connectivity index (χ1) is 12.0. The highest BCUT2D eigenvalue weighted by Gasteiger charge is 2.06. The molecule has 25 heavy (non-hydrogen) atoms. The average Bonchev–Trinajstić information content (AvgIpc) is 2.59. The van der Waals surface area contributed by atoms with E-state index in [-0.39, 0.29) is 24.4 Å². The average molecular weight is 348 g/mol. The van der Waals surface area contributed by atoms with Gasteiger partial charge in [0.05, 0.1) is 12.5 Å². The molecule has 0 fully saturated rings.